The molecule has 2 aliphatic heterocycles. The van der Waals surface area contributed by atoms with Crippen molar-refractivity contribution in [3.8, 4) is 0 Å². The van der Waals surface area contributed by atoms with Gasteiger partial charge in [0.05, 0.1) is 0 Å². The molecular formula is C18H34N2O3. The third kappa shape index (κ3) is 5.64. The number of carbonyl (C=O) groups excluding carboxylic acids is 1. The summed E-state index contributed by atoms with van der Waals surface area (Å²) in [6.07, 6.45) is 6.33. The van der Waals surface area contributed by atoms with Crippen molar-refractivity contribution in [1.82, 2.24) is 10.2 Å². The molecule has 2 aliphatic rings. The molecule has 2 heterocycles. The molecule has 1 N–H and O–H groups in total. The second-order valence-electron chi connectivity index (χ2n) is 7.86. The number of carbonyl (C=O) groups is 1. The zero-order valence-corrected chi connectivity index (χ0v) is 15.3. The second kappa shape index (κ2) is 8.34. The van der Waals surface area contributed by atoms with E-state index in [1.54, 1.807) is 0 Å². The Morgan fingerprint density at radius 1 is 1.17 bits per heavy atom. The number of ether oxygens (including phenoxy) is 2. The zero-order valence-electron chi connectivity index (χ0n) is 15.3. The number of hydrogen-bond donors (Lipinski definition) is 1. The summed E-state index contributed by atoms with van der Waals surface area (Å²) in [6.45, 7) is 10.6. The maximum absolute atomic E-state index is 12.4. The van der Waals surface area contributed by atoms with E-state index in [2.05, 4.69) is 12.2 Å². The molecule has 0 aromatic carbocycles. The number of piperidine rings is 1. The fraction of sp³-hybridized carbons (Fsp3) is 0.944. The number of nitrogens with one attached hydrogen (secondary N) is 1. The summed E-state index contributed by atoms with van der Waals surface area (Å²) in [7, 11) is 0. The lowest BCUT2D eigenvalue weighted by molar-refractivity contribution is 0.00468. The van der Waals surface area contributed by atoms with Crippen LogP contribution in [0.3, 0.4) is 0 Å². The molecule has 0 saturated carbocycles. The molecule has 2 atom stereocenters. The van der Waals surface area contributed by atoms with Gasteiger partial charge in [-0.3, -0.25) is 0 Å². The van der Waals surface area contributed by atoms with Crippen molar-refractivity contribution < 1.29 is 14.3 Å². The zero-order chi connectivity index (χ0) is 16.9. The third-order valence-electron chi connectivity index (χ3n) is 4.58. The maximum Gasteiger partial charge on any atom is 0.410 e. The molecule has 5 heteroatoms. The fourth-order valence-corrected chi connectivity index (χ4v) is 3.68. The monoisotopic (exact) mass is 326 g/mol. The van der Waals surface area contributed by atoms with Crippen LogP contribution in [0.25, 0.3) is 0 Å². The topological polar surface area (TPSA) is 50.8 Å². The Labute approximate surface area is 141 Å². The minimum absolute atomic E-state index is 0.128. The molecule has 23 heavy (non-hydrogen) atoms. The van der Waals surface area contributed by atoms with Crippen LogP contribution in [0.1, 0.15) is 66.2 Å². The smallest absolute Gasteiger partial charge is 0.410 e. The molecule has 0 aromatic heterocycles. The van der Waals surface area contributed by atoms with E-state index in [1.165, 1.54) is 0 Å². The van der Waals surface area contributed by atoms with Gasteiger partial charge in [0.25, 0.3) is 0 Å². The standard InChI is InChI=1S/C18H34N2O3/c1-5-10-22-11-6-9-19-14-12-15-7-8-16(13-14)20(15)17(21)23-18(2,3)4/h14-16,19H,5-13H2,1-4H3. The lowest BCUT2D eigenvalue weighted by Gasteiger charge is -2.39. The highest BCUT2D eigenvalue weighted by Gasteiger charge is 2.44. The molecule has 134 valence electrons. The molecular weight excluding hydrogens is 292 g/mol. The Morgan fingerprint density at radius 2 is 1.83 bits per heavy atom. The molecule has 0 spiro atoms. The molecule has 0 aromatic rings. The minimum atomic E-state index is -0.413. The maximum atomic E-state index is 12.4. The molecule has 2 saturated heterocycles. The number of amides is 1. The number of fused-ring (bicyclic) bond motifs is 2. The average Bonchev–Trinajstić information content (AvgIpc) is 2.72. The SMILES string of the molecule is CCCOCCCNC1CC2CCC(C1)N2C(=O)OC(C)(C)C. The van der Waals surface area contributed by atoms with Gasteiger partial charge in [0, 0.05) is 31.3 Å². The lowest BCUT2D eigenvalue weighted by atomic mass is 9.97. The van der Waals surface area contributed by atoms with E-state index in [1.807, 2.05) is 25.7 Å². The van der Waals surface area contributed by atoms with Crippen LogP contribution in [0, 0.1) is 0 Å². The van der Waals surface area contributed by atoms with Crippen molar-refractivity contribution in [3.05, 3.63) is 0 Å². The van der Waals surface area contributed by atoms with E-state index in [-0.39, 0.29) is 6.09 Å². The Kier molecular flexibility index (Phi) is 6.72. The normalized spacial score (nSPS) is 27.3. The quantitative estimate of drug-likeness (QED) is 0.729. The van der Waals surface area contributed by atoms with Gasteiger partial charge in [-0.25, -0.2) is 4.79 Å². The van der Waals surface area contributed by atoms with Gasteiger partial charge in [-0.05, 0) is 65.8 Å². The minimum Gasteiger partial charge on any atom is -0.444 e. The summed E-state index contributed by atoms with van der Waals surface area (Å²) in [5, 5.41) is 3.65. The number of hydrogen-bond acceptors (Lipinski definition) is 4. The summed E-state index contributed by atoms with van der Waals surface area (Å²) < 4.78 is 11.1. The van der Waals surface area contributed by atoms with Gasteiger partial charge >= 0.3 is 6.09 Å². The first-order valence-corrected chi connectivity index (χ1v) is 9.23. The summed E-state index contributed by atoms with van der Waals surface area (Å²) in [5.74, 6) is 0. The summed E-state index contributed by atoms with van der Waals surface area (Å²) in [4.78, 5) is 14.4. The van der Waals surface area contributed by atoms with Crippen LogP contribution < -0.4 is 5.32 Å². The van der Waals surface area contributed by atoms with Crippen LogP contribution >= 0.6 is 0 Å². The first-order chi connectivity index (χ1) is 10.9. The van der Waals surface area contributed by atoms with E-state index < -0.39 is 5.60 Å². The van der Waals surface area contributed by atoms with Crippen LogP contribution in [0.5, 0.6) is 0 Å². The largest absolute Gasteiger partial charge is 0.444 e. The molecule has 2 fully saturated rings. The average molecular weight is 326 g/mol. The molecule has 2 unspecified atom stereocenters. The first-order valence-electron chi connectivity index (χ1n) is 9.23. The van der Waals surface area contributed by atoms with Crippen LogP contribution in [-0.4, -0.2) is 54.5 Å². The molecule has 5 nitrogen and oxygen atoms in total. The predicted octanol–water partition coefficient (Wildman–Crippen LogP) is 3.32. The third-order valence-corrected chi connectivity index (χ3v) is 4.58. The Hall–Kier alpha value is -0.810. The van der Waals surface area contributed by atoms with Gasteiger partial charge < -0.3 is 19.7 Å². The van der Waals surface area contributed by atoms with Crippen molar-refractivity contribution in [2.24, 2.45) is 0 Å². The van der Waals surface area contributed by atoms with E-state index in [0.717, 1.165) is 58.3 Å². The highest BCUT2D eigenvalue weighted by molar-refractivity contribution is 5.69. The molecule has 1 amide bonds. The van der Waals surface area contributed by atoms with Crippen molar-refractivity contribution in [2.75, 3.05) is 19.8 Å². The fourth-order valence-electron chi connectivity index (χ4n) is 3.68. The van der Waals surface area contributed by atoms with Crippen LogP contribution in [0.2, 0.25) is 0 Å². The van der Waals surface area contributed by atoms with Gasteiger partial charge in [0.15, 0.2) is 0 Å². The van der Waals surface area contributed by atoms with E-state index in [0.29, 0.717) is 18.1 Å². The van der Waals surface area contributed by atoms with E-state index in [4.69, 9.17) is 9.47 Å². The molecule has 0 radical (unpaired) electrons. The Bertz CT molecular complexity index is 367. The van der Waals surface area contributed by atoms with E-state index >= 15 is 0 Å². The highest BCUT2D eigenvalue weighted by Crippen LogP contribution is 2.36. The summed E-state index contributed by atoms with van der Waals surface area (Å²) in [5.41, 5.74) is -0.413. The molecule has 0 aliphatic carbocycles. The Morgan fingerprint density at radius 3 is 2.39 bits per heavy atom. The lowest BCUT2D eigenvalue weighted by Crippen LogP contribution is -2.52. The number of nitrogens with zero attached hydrogens (tertiary/aromatic N) is 1. The number of rotatable bonds is 7. The van der Waals surface area contributed by atoms with Gasteiger partial charge in [0.2, 0.25) is 0 Å². The van der Waals surface area contributed by atoms with Gasteiger partial charge in [-0.15, -0.1) is 0 Å². The highest BCUT2D eigenvalue weighted by atomic mass is 16.6. The van der Waals surface area contributed by atoms with Gasteiger partial charge in [-0.2, -0.15) is 0 Å². The second-order valence-corrected chi connectivity index (χ2v) is 7.86. The van der Waals surface area contributed by atoms with Crippen molar-refractivity contribution in [2.45, 2.75) is 89.9 Å². The van der Waals surface area contributed by atoms with Crippen molar-refractivity contribution >= 4 is 6.09 Å². The Balaban J connectivity index is 1.73. The van der Waals surface area contributed by atoms with Crippen LogP contribution in [-0.2, 0) is 9.47 Å². The van der Waals surface area contributed by atoms with Crippen molar-refractivity contribution in [3.63, 3.8) is 0 Å². The van der Waals surface area contributed by atoms with Crippen LogP contribution in [0.4, 0.5) is 4.79 Å². The van der Waals surface area contributed by atoms with E-state index in [9.17, 15) is 4.79 Å². The van der Waals surface area contributed by atoms with Gasteiger partial charge in [-0.1, -0.05) is 6.92 Å². The summed E-state index contributed by atoms with van der Waals surface area (Å²) in [6, 6.07) is 1.22. The molecule has 2 bridgehead atoms. The predicted molar refractivity (Wildman–Crippen MR) is 91.6 cm³/mol. The molecule has 2 rings (SSSR count). The van der Waals surface area contributed by atoms with Crippen molar-refractivity contribution in [1.29, 1.82) is 0 Å². The van der Waals surface area contributed by atoms with Gasteiger partial charge in [0.1, 0.15) is 5.60 Å². The van der Waals surface area contributed by atoms with Crippen LogP contribution in [0.15, 0.2) is 0 Å². The first kappa shape index (κ1) is 18.5. The summed E-state index contributed by atoms with van der Waals surface area (Å²) >= 11 is 0.